The normalized spacial score (nSPS) is 9.33. The predicted octanol–water partition coefficient (Wildman–Crippen LogP) is 3.35. The predicted molar refractivity (Wildman–Crippen MR) is 84.5 cm³/mol. The lowest BCUT2D eigenvalue weighted by molar-refractivity contribution is 0.0950. The van der Waals surface area contributed by atoms with Crippen LogP contribution in [0.5, 0.6) is 5.75 Å². The van der Waals surface area contributed by atoms with Gasteiger partial charge in [0.15, 0.2) is 0 Å². The first-order valence-corrected chi connectivity index (χ1v) is 7.02. The number of rotatable bonds is 4. The second-order valence-corrected chi connectivity index (χ2v) is 4.22. The summed E-state index contributed by atoms with van der Waals surface area (Å²) in [5.74, 6) is 0.603. The van der Waals surface area contributed by atoms with Crippen LogP contribution in [-0.4, -0.2) is 18.0 Å². The molecule has 0 radical (unpaired) electrons. The molecule has 0 saturated heterocycles. The maximum Gasteiger partial charge on any atom is 0.251 e. The van der Waals surface area contributed by atoms with Crippen LogP contribution in [0.25, 0.3) is 0 Å². The Morgan fingerprint density at radius 2 is 1.86 bits per heavy atom. The summed E-state index contributed by atoms with van der Waals surface area (Å²) in [5, 5.41) is 2.86. The number of nitrogens with one attached hydrogen (secondary N) is 1. The summed E-state index contributed by atoms with van der Waals surface area (Å²) < 4.78 is 5.21. The van der Waals surface area contributed by atoms with E-state index in [0.717, 1.165) is 16.9 Å². The molecule has 1 amide bonds. The van der Waals surface area contributed by atoms with Gasteiger partial charge in [0, 0.05) is 24.5 Å². The monoisotopic (exact) mass is 286 g/mol. The maximum absolute atomic E-state index is 12.0. The molecule has 112 valence electrons. The molecule has 1 N–H and O–H groups in total. The fourth-order valence-electron chi connectivity index (χ4n) is 1.75. The Balaban J connectivity index is 0.00000106. The number of amides is 1. The molecule has 0 aliphatic heterocycles. The highest BCUT2D eigenvalue weighted by Crippen LogP contribution is 2.18. The lowest BCUT2D eigenvalue weighted by atomic mass is 10.1. The van der Waals surface area contributed by atoms with Crippen molar-refractivity contribution >= 4 is 5.91 Å². The third-order valence-corrected chi connectivity index (χ3v) is 2.87. The lowest BCUT2D eigenvalue weighted by Gasteiger charge is -2.08. The summed E-state index contributed by atoms with van der Waals surface area (Å²) in [6.45, 7) is 6.43. The topological polar surface area (TPSA) is 51.2 Å². The van der Waals surface area contributed by atoms with Crippen LogP contribution in [0, 0.1) is 6.92 Å². The van der Waals surface area contributed by atoms with Crippen molar-refractivity contribution in [3.8, 4) is 5.75 Å². The highest BCUT2D eigenvalue weighted by atomic mass is 16.5. The van der Waals surface area contributed by atoms with Crippen LogP contribution >= 0.6 is 0 Å². The number of benzene rings is 1. The van der Waals surface area contributed by atoms with E-state index in [0.29, 0.717) is 12.1 Å². The van der Waals surface area contributed by atoms with Gasteiger partial charge in [-0.1, -0.05) is 19.9 Å². The first kappa shape index (κ1) is 16.7. The Bertz CT molecular complexity index is 568. The van der Waals surface area contributed by atoms with Crippen molar-refractivity contribution in [3.05, 3.63) is 59.4 Å². The van der Waals surface area contributed by atoms with Crippen molar-refractivity contribution in [1.29, 1.82) is 0 Å². The van der Waals surface area contributed by atoms with Gasteiger partial charge in [0.05, 0.1) is 7.11 Å². The van der Waals surface area contributed by atoms with E-state index in [1.165, 1.54) is 0 Å². The molecule has 2 rings (SSSR count). The summed E-state index contributed by atoms with van der Waals surface area (Å²) >= 11 is 0. The molecular weight excluding hydrogens is 264 g/mol. The summed E-state index contributed by atoms with van der Waals surface area (Å²) in [7, 11) is 1.60. The van der Waals surface area contributed by atoms with Crippen molar-refractivity contribution < 1.29 is 9.53 Å². The first-order valence-electron chi connectivity index (χ1n) is 7.02. The van der Waals surface area contributed by atoms with E-state index in [4.69, 9.17) is 4.74 Å². The minimum absolute atomic E-state index is 0.116. The Labute approximate surface area is 126 Å². The number of nitrogens with zero attached hydrogens (tertiary/aromatic N) is 1. The Hall–Kier alpha value is -2.36. The average molecular weight is 286 g/mol. The first-order chi connectivity index (χ1) is 10.2. The third-order valence-electron chi connectivity index (χ3n) is 2.87. The fraction of sp³-hybridized carbons (Fsp3) is 0.294. The molecule has 1 aromatic carbocycles. The van der Waals surface area contributed by atoms with Crippen LogP contribution in [-0.2, 0) is 6.54 Å². The number of methoxy groups -OCH3 is 1. The molecule has 2 aromatic rings. The number of hydrogen-bond donors (Lipinski definition) is 1. The molecule has 0 aliphatic rings. The van der Waals surface area contributed by atoms with Gasteiger partial charge in [0.25, 0.3) is 5.91 Å². The van der Waals surface area contributed by atoms with Gasteiger partial charge in [-0.2, -0.15) is 0 Å². The summed E-state index contributed by atoms with van der Waals surface area (Å²) in [4.78, 5) is 15.9. The largest absolute Gasteiger partial charge is 0.496 e. The van der Waals surface area contributed by atoms with E-state index in [1.807, 2.05) is 39.0 Å². The van der Waals surface area contributed by atoms with E-state index in [-0.39, 0.29) is 5.91 Å². The van der Waals surface area contributed by atoms with E-state index in [9.17, 15) is 4.79 Å². The number of aromatic nitrogens is 1. The van der Waals surface area contributed by atoms with Crippen LogP contribution in [0.15, 0.2) is 42.7 Å². The van der Waals surface area contributed by atoms with Crippen molar-refractivity contribution in [1.82, 2.24) is 10.3 Å². The molecule has 0 atom stereocenters. The number of ether oxygens (including phenoxy) is 1. The van der Waals surface area contributed by atoms with Crippen LogP contribution < -0.4 is 10.1 Å². The van der Waals surface area contributed by atoms with Crippen LogP contribution in [0.3, 0.4) is 0 Å². The molecule has 0 fully saturated rings. The Morgan fingerprint density at radius 1 is 1.19 bits per heavy atom. The average Bonchev–Trinajstić information content (AvgIpc) is 2.56. The highest BCUT2D eigenvalue weighted by Gasteiger charge is 2.08. The van der Waals surface area contributed by atoms with Crippen LogP contribution in [0.2, 0.25) is 0 Å². The summed E-state index contributed by atoms with van der Waals surface area (Å²) in [6, 6.07) is 9.16. The highest BCUT2D eigenvalue weighted by molar-refractivity contribution is 5.94. The van der Waals surface area contributed by atoms with E-state index in [2.05, 4.69) is 10.3 Å². The summed E-state index contributed by atoms with van der Waals surface area (Å²) in [5.41, 5.74) is 2.62. The minimum Gasteiger partial charge on any atom is -0.496 e. The minimum atomic E-state index is -0.116. The quantitative estimate of drug-likeness (QED) is 0.937. The number of hydrogen-bond acceptors (Lipinski definition) is 3. The van der Waals surface area contributed by atoms with Crippen LogP contribution in [0.1, 0.15) is 35.3 Å². The molecule has 0 spiro atoms. The van der Waals surface area contributed by atoms with Crippen molar-refractivity contribution in [2.75, 3.05) is 7.11 Å². The Kier molecular flexibility index (Phi) is 6.95. The van der Waals surface area contributed by atoms with Gasteiger partial charge in [-0.05, 0) is 42.3 Å². The fourth-order valence-corrected chi connectivity index (χ4v) is 1.75. The molecule has 1 heterocycles. The van der Waals surface area contributed by atoms with E-state index >= 15 is 0 Å². The van der Waals surface area contributed by atoms with Gasteiger partial charge in [0.1, 0.15) is 5.75 Å². The second-order valence-electron chi connectivity index (χ2n) is 4.22. The molecule has 1 aromatic heterocycles. The van der Waals surface area contributed by atoms with Gasteiger partial charge in [-0.15, -0.1) is 0 Å². The molecule has 0 aliphatic carbocycles. The van der Waals surface area contributed by atoms with Gasteiger partial charge < -0.3 is 10.1 Å². The molecule has 0 saturated carbocycles. The smallest absolute Gasteiger partial charge is 0.251 e. The van der Waals surface area contributed by atoms with Crippen molar-refractivity contribution in [2.45, 2.75) is 27.3 Å². The van der Waals surface area contributed by atoms with Gasteiger partial charge in [-0.25, -0.2) is 0 Å². The molecule has 0 unspecified atom stereocenters. The van der Waals surface area contributed by atoms with E-state index < -0.39 is 0 Å². The van der Waals surface area contributed by atoms with Crippen LogP contribution in [0.4, 0.5) is 0 Å². The van der Waals surface area contributed by atoms with Crippen molar-refractivity contribution in [3.63, 3.8) is 0 Å². The number of aryl methyl sites for hydroxylation is 1. The zero-order chi connectivity index (χ0) is 15.7. The SMILES string of the molecule is CC.COc1cc(C(=O)NCc2ccncc2)ccc1C. The van der Waals surface area contributed by atoms with Gasteiger partial charge in [-0.3, -0.25) is 9.78 Å². The molecule has 21 heavy (non-hydrogen) atoms. The molecule has 4 nitrogen and oxygen atoms in total. The van der Waals surface area contributed by atoms with Gasteiger partial charge in [0.2, 0.25) is 0 Å². The second kappa shape index (κ2) is 8.74. The third kappa shape index (κ3) is 4.91. The van der Waals surface area contributed by atoms with E-state index in [1.54, 1.807) is 31.6 Å². The summed E-state index contributed by atoms with van der Waals surface area (Å²) in [6.07, 6.45) is 3.41. The standard InChI is InChI=1S/C15H16N2O2.C2H6/c1-11-3-4-13(9-14(11)19-2)15(18)17-10-12-5-7-16-8-6-12;1-2/h3-9H,10H2,1-2H3,(H,17,18);1-2H3. The zero-order valence-electron chi connectivity index (χ0n) is 13.0. The lowest BCUT2D eigenvalue weighted by Crippen LogP contribution is -2.22. The zero-order valence-corrected chi connectivity index (χ0v) is 13.0. The number of carbonyl (C=O) groups excluding carboxylic acids is 1. The maximum atomic E-state index is 12.0. The molecule has 0 bridgehead atoms. The number of pyridine rings is 1. The van der Waals surface area contributed by atoms with Crippen molar-refractivity contribution in [2.24, 2.45) is 0 Å². The molecular formula is C17H22N2O2. The molecule has 4 heteroatoms. The van der Waals surface area contributed by atoms with Gasteiger partial charge >= 0.3 is 0 Å². The number of carbonyl (C=O) groups is 1. The Morgan fingerprint density at radius 3 is 2.48 bits per heavy atom.